The van der Waals surface area contributed by atoms with Gasteiger partial charge in [-0.1, -0.05) is 18.7 Å². The van der Waals surface area contributed by atoms with E-state index in [-0.39, 0.29) is 6.04 Å². The number of hydrogen-bond donors (Lipinski definition) is 1. The Morgan fingerprint density at radius 1 is 1.10 bits per heavy atom. The van der Waals surface area contributed by atoms with Gasteiger partial charge in [-0.3, -0.25) is 0 Å². The highest BCUT2D eigenvalue weighted by molar-refractivity contribution is 5.81. The number of aryl methyl sites for hydroxylation is 1. The van der Waals surface area contributed by atoms with Crippen molar-refractivity contribution < 1.29 is 4.74 Å². The van der Waals surface area contributed by atoms with Crippen molar-refractivity contribution in [2.24, 2.45) is 0 Å². The standard InChI is InChI=1S/C28H28N10O/c1-17-16-39-13-12-36(17)25-14-22(26-18(2)35-38(19(26)3)20-10-11-24(29-4)31-15-20)33-28(34-25)37-23-9-7-6-8-21(23)32-27(37)30-5/h6-11,14-15,17H,12-13,16H2,1-3,5H3,(H,30,32)/t17-/m1/s1. The summed E-state index contributed by atoms with van der Waals surface area (Å²) in [5, 5.41) is 8.02. The molecule has 0 aliphatic carbocycles. The third-order valence-corrected chi connectivity index (χ3v) is 6.99. The molecule has 11 heteroatoms. The van der Waals surface area contributed by atoms with Crippen molar-refractivity contribution in [2.45, 2.75) is 26.8 Å². The van der Waals surface area contributed by atoms with Crippen LogP contribution in [0.5, 0.6) is 0 Å². The van der Waals surface area contributed by atoms with Gasteiger partial charge in [-0.05, 0) is 45.0 Å². The average molecular weight is 521 g/mol. The Labute approximate surface area is 225 Å². The number of benzene rings is 1. The molecule has 1 aromatic carbocycles. The highest BCUT2D eigenvalue weighted by atomic mass is 16.5. The van der Waals surface area contributed by atoms with Crippen LogP contribution >= 0.6 is 0 Å². The predicted octanol–water partition coefficient (Wildman–Crippen LogP) is 4.50. The predicted molar refractivity (Wildman–Crippen MR) is 150 cm³/mol. The number of morpholine rings is 1. The molecule has 0 unspecified atom stereocenters. The molecule has 1 aliphatic heterocycles. The second-order valence-electron chi connectivity index (χ2n) is 9.48. The number of aromatic nitrogens is 7. The smallest absolute Gasteiger partial charge is 0.269 e. The second kappa shape index (κ2) is 9.81. The van der Waals surface area contributed by atoms with Crippen LogP contribution in [0.3, 0.4) is 0 Å². The largest absolute Gasteiger partial charge is 0.377 e. The lowest BCUT2D eigenvalue weighted by Crippen LogP contribution is -2.44. The maximum absolute atomic E-state index is 7.19. The fraction of sp³-hybridized carbons (Fsp3) is 0.286. The average Bonchev–Trinajstić information content (AvgIpc) is 3.49. The van der Waals surface area contributed by atoms with Crippen molar-refractivity contribution in [2.75, 3.05) is 37.0 Å². The Kier molecular flexibility index (Phi) is 6.17. The van der Waals surface area contributed by atoms with E-state index in [1.165, 1.54) is 0 Å². The third kappa shape index (κ3) is 4.24. The Hall–Kier alpha value is -4.82. The van der Waals surface area contributed by atoms with Crippen molar-refractivity contribution in [3.63, 3.8) is 0 Å². The molecule has 4 aromatic heterocycles. The molecule has 0 amide bonds. The number of imidazole rings is 1. The van der Waals surface area contributed by atoms with Gasteiger partial charge in [0.05, 0.1) is 47.4 Å². The van der Waals surface area contributed by atoms with Crippen LogP contribution in [0.25, 0.3) is 38.8 Å². The molecule has 39 heavy (non-hydrogen) atoms. The van der Waals surface area contributed by atoms with E-state index in [9.17, 15) is 0 Å². The minimum atomic E-state index is 0.162. The van der Waals surface area contributed by atoms with E-state index in [1.54, 1.807) is 12.3 Å². The van der Waals surface area contributed by atoms with Gasteiger partial charge in [0.25, 0.3) is 5.82 Å². The van der Waals surface area contributed by atoms with Crippen LogP contribution in [0, 0.1) is 20.4 Å². The first-order chi connectivity index (χ1) is 19.0. The summed E-state index contributed by atoms with van der Waals surface area (Å²) in [6, 6.07) is 13.7. The van der Waals surface area contributed by atoms with Gasteiger partial charge in [0.15, 0.2) is 0 Å². The molecule has 196 valence electrons. The summed E-state index contributed by atoms with van der Waals surface area (Å²) >= 11 is 0. The van der Waals surface area contributed by atoms with Crippen LogP contribution in [0.4, 0.5) is 17.6 Å². The molecule has 5 heterocycles. The van der Waals surface area contributed by atoms with E-state index in [0.29, 0.717) is 30.9 Å². The van der Waals surface area contributed by atoms with Gasteiger partial charge in [-0.15, -0.1) is 4.98 Å². The second-order valence-corrected chi connectivity index (χ2v) is 9.48. The zero-order chi connectivity index (χ0) is 27.1. The zero-order valence-corrected chi connectivity index (χ0v) is 22.3. The monoisotopic (exact) mass is 520 g/mol. The number of fused-ring (bicyclic) bond motifs is 1. The van der Waals surface area contributed by atoms with Crippen LogP contribution < -0.4 is 10.2 Å². The molecule has 5 aromatic rings. The van der Waals surface area contributed by atoms with Crippen LogP contribution in [0.15, 0.2) is 48.7 Å². The first-order valence-corrected chi connectivity index (χ1v) is 12.8. The van der Waals surface area contributed by atoms with Crippen molar-refractivity contribution >= 4 is 28.6 Å². The minimum absolute atomic E-state index is 0.162. The lowest BCUT2D eigenvalue weighted by molar-refractivity contribution is 0.0985. The summed E-state index contributed by atoms with van der Waals surface area (Å²) in [6.07, 6.45) is 1.67. The normalized spacial score (nSPS) is 15.5. The third-order valence-electron chi connectivity index (χ3n) is 6.99. The van der Waals surface area contributed by atoms with Crippen molar-refractivity contribution in [1.29, 1.82) is 0 Å². The van der Waals surface area contributed by atoms with E-state index >= 15 is 0 Å². The number of pyridine rings is 1. The first kappa shape index (κ1) is 24.5. The molecule has 1 aliphatic rings. The van der Waals surface area contributed by atoms with E-state index in [1.807, 2.05) is 66.5 Å². The molecule has 0 spiro atoms. The zero-order valence-electron chi connectivity index (χ0n) is 22.3. The van der Waals surface area contributed by atoms with Crippen molar-refractivity contribution in [3.8, 4) is 22.9 Å². The van der Waals surface area contributed by atoms with Crippen molar-refractivity contribution in [1.82, 2.24) is 34.3 Å². The molecular formula is C28H28N10O. The summed E-state index contributed by atoms with van der Waals surface area (Å²) < 4.78 is 9.50. The maximum Gasteiger partial charge on any atom is 0.269 e. The number of nitrogens with one attached hydrogen (secondary N) is 1. The van der Waals surface area contributed by atoms with Gasteiger partial charge in [0.1, 0.15) is 17.7 Å². The van der Waals surface area contributed by atoms with E-state index in [4.69, 9.17) is 31.4 Å². The van der Waals surface area contributed by atoms with Gasteiger partial charge in [0, 0.05) is 25.2 Å². The fourth-order valence-corrected chi connectivity index (χ4v) is 5.10. The van der Waals surface area contributed by atoms with Crippen LogP contribution in [0.2, 0.25) is 0 Å². The van der Waals surface area contributed by atoms with Gasteiger partial charge in [-0.25, -0.2) is 19.2 Å². The molecule has 1 atom stereocenters. The number of hydrogen-bond acceptors (Lipinski definition) is 8. The molecule has 1 N–H and O–H groups in total. The summed E-state index contributed by atoms with van der Waals surface area (Å²) in [5.41, 5.74) is 5.98. The SMILES string of the molecule is [C-]#[N+]c1ccc(-n2nc(C)c(-c3cc(N4CCOC[C@H]4C)nc(-n4c(NC)nc5ccccc54)n3)c2C)cn1. The highest BCUT2D eigenvalue weighted by Gasteiger charge is 2.25. The van der Waals surface area contributed by atoms with Crippen molar-refractivity contribution in [3.05, 3.63) is 71.5 Å². The molecule has 11 nitrogen and oxygen atoms in total. The number of nitrogens with zero attached hydrogens (tertiary/aromatic N) is 9. The summed E-state index contributed by atoms with van der Waals surface area (Å²) in [4.78, 5) is 24.8. The molecule has 0 saturated carbocycles. The lowest BCUT2D eigenvalue weighted by Gasteiger charge is -2.34. The van der Waals surface area contributed by atoms with Crippen LogP contribution in [-0.2, 0) is 4.74 Å². The summed E-state index contributed by atoms with van der Waals surface area (Å²) in [7, 11) is 1.85. The lowest BCUT2D eigenvalue weighted by atomic mass is 10.1. The Morgan fingerprint density at radius 3 is 2.69 bits per heavy atom. The minimum Gasteiger partial charge on any atom is -0.377 e. The molecule has 0 bridgehead atoms. The molecular weight excluding hydrogens is 492 g/mol. The number of para-hydroxylation sites is 2. The Bertz CT molecular complexity index is 1710. The van der Waals surface area contributed by atoms with Crippen LogP contribution in [-0.4, -0.2) is 67.1 Å². The molecule has 1 fully saturated rings. The van der Waals surface area contributed by atoms with Crippen LogP contribution in [0.1, 0.15) is 18.3 Å². The van der Waals surface area contributed by atoms with E-state index < -0.39 is 0 Å². The summed E-state index contributed by atoms with van der Waals surface area (Å²) in [6.45, 7) is 15.3. The number of ether oxygens (including phenoxy) is 1. The van der Waals surface area contributed by atoms with E-state index in [2.05, 4.69) is 27.0 Å². The summed E-state index contributed by atoms with van der Waals surface area (Å²) in [5.74, 6) is 2.34. The Balaban J connectivity index is 1.56. The number of rotatable bonds is 5. The quantitative estimate of drug-likeness (QED) is 0.338. The number of anilines is 2. The maximum atomic E-state index is 7.19. The molecule has 0 radical (unpaired) electrons. The molecule has 6 rings (SSSR count). The fourth-order valence-electron chi connectivity index (χ4n) is 5.10. The highest BCUT2D eigenvalue weighted by Crippen LogP contribution is 2.33. The Morgan fingerprint density at radius 2 is 1.95 bits per heavy atom. The first-order valence-electron chi connectivity index (χ1n) is 12.8. The topological polar surface area (TPSA) is 103 Å². The van der Waals surface area contributed by atoms with Gasteiger partial charge < -0.3 is 19.8 Å². The van der Waals surface area contributed by atoms with Gasteiger partial charge in [0.2, 0.25) is 11.9 Å². The van der Waals surface area contributed by atoms with Gasteiger partial charge in [-0.2, -0.15) is 10.1 Å². The molecule has 1 saturated heterocycles. The van der Waals surface area contributed by atoms with Gasteiger partial charge >= 0.3 is 0 Å². The van der Waals surface area contributed by atoms with E-state index in [0.717, 1.165) is 51.7 Å².